The van der Waals surface area contributed by atoms with Gasteiger partial charge in [-0.05, 0) is 24.8 Å². The van der Waals surface area contributed by atoms with E-state index in [9.17, 15) is 9.59 Å². The fourth-order valence-corrected chi connectivity index (χ4v) is 4.19. The van der Waals surface area contributed by atoms with Gasteiger partial charge in [0.2, 0.25) is 11.8 Å². The number of anilines is 1. The summed E-state index contributed by atoms with van der Waals surface area (Å²) in [5.74, 6) is -0.174. The number of hydrogen-bond donors (Lipinski definition) is 0. The van der Waals surface area contributed by atoms with E-state index >= 15 is 0 Å². The normalized spacial score (nSPS) is 10.9. The number of amides is 1. The summed E-state index contributed by atoms with van der Waals surface area (Å²) in [5, 5.41) is 12.0. The molecule has 24 heavy (non-hydrogen) atoms. The number of aromatic nitrogens is 2. The molecule has 0 aliphatic rings. The number of nitrogens with zero attached hydrogens (tertiary/aromatic N) is 4. The summed E-state index contributed by atoms with van der Waals surface area (Å²) in [7, 11) is 0. The second kappa shape index (κ2) is 6.63. The SMILES string of the molecule is CCN(C(=O)CSC#N)c1nc2c3ccccc3n(C(C)=O)c2s1. The molecule has 0 N–H and O–H groups in total. The molecular weight excluding hydrogens is 344 g/mol. The molecule has 1 amide bonds. The van der Waals surface area contributed by atoms with Crippen molar-refractivity contribution in [3.05, 3.63) is 24.3 Å². The van der Waals surface area contributed by atoms with Gasteiger partial charge in [-0.15, -0.1) is 0 Å². The highest BCUT2D eigenvalue weighted by atomic mass is 32.2. The Balaban J connectivity index is 2.15. The average Bonchev–Trinajstić information content (AvgIpc) is 3.10. The lowest BCUT2D eigenvalue weighted by molar-refractivity contribution is -0.116. The van der Waals surface area contributed by atoms with E-state index < -0.39 is 0 Å². The molecule has 3 aromatic rings. The molecule has 3 rings (SSSR count). The molecular formula is C16H14N4O2S2. The Morgan fingerprint density at radius 1 is 1.42 bits per heavy atom. The molecule has 0 saturated carbocycles. The van der Waals surface area contributed by atoms with E-state index in [1.165, 1.54) is 18.3 Å². The van der Waals surface area contributed by atoms with Crippen LogP contribution in [-0.2, 0) is 4.79 Å². The summed E-state index contributed by atoms with van der Waals surface area (Å²) in [6.07, 6.45) is 0. The maximum Gasteiger partial charge on any atom is 0.239 e. The lowest BCUT2D eigenvalue weighted by Gasteiger charge is -2.16. The summed E-state index contributed by atoms with van der Waals surface area (Å²) in [5.41, 5.74) is 1.54. The van der Waals surface area contributed by atoms with Gasteiger partial charge in [-0.25, -0.2) is 4.98 Å². The summed E-state index contributed by atoms with van der Waals surface area (Å²) < 4.78 is 1.63. The first kappa shape index (κ1) is 16.5. The van der Waals surface area contributed by atoms with Gasteiger partial charge in [-0.3, -0.25) is 19.1 Å². The van der Waals surface area contributed by atoms with Crippen LogP contribution >= 0.6 is 23.1 Å². The third-order valence-electron chi connectivity index (χ3n) is 3.62. The Bertz CT molecular complexity index is 983. The molecule has 0 atom stereocenters. The number of hydrogen-bond acceptors (Lipinski definition) is 6. The average molecular weight is 358 g/mol. The maximum atomic E-state index is 12.3. The summed E-state index contributed by atoms with van der Waals surface area (Å²) >= 11 is 2.22. The Morgan fingerprint density at radius 3 is 2.83 bits per heavy atom. The molecule has 2 heterocycles. The summed E-state index contributed by atoms with van der Waals surface area (Å²) in [4.78, 5) is 31.2. The van der Waals surface area contributed by atoms with Crippen molar-refractivity contribution in [3.8, 4) is 5.40 Å². The van der Waals surface area contributed by atoms with Crippen LogP contribution in [0.5, 0.6) is 0 Å². The van der Waals surface area contributed by atoms with Crippen LogP contribution in [0.4, 0.5) is 5.13 Å². The molecule has 0 bridgehead atoms. The highest BCUT2D eigenvalue weighted by Crippen LogP contribution is 2.36. The third kappa shape index (κ3) is 2.66. The van der Waals surface area contributed by atoms with E-state index in [2.05, 4.69) is 4.98 Å². The Labute approximate surface area is 146 Å². The van der Waals surface area contributed by atoms with E-state index in [0.29, 0.717) is 11.7 Å². The predicted molar refractivity (Wildman–Crippen MR) is 97.5 cm³/mol. The zero-order chi connectivity index (χ0) is 17.3. The molecule has 0 aliphatic heterocycles. The molecule has 0 spiro atoms. The van der Waals surface area contributed by atoms with Crippen molar-refractivity contribution in [1.29, 1.82) is 5.26 Å². The van der Waals surface area contributed by atoms with E-state index in [0.717, 1.165) is 33.0 Å². The lowest BCUT2D eigenvalue weighted by Crippen LogP contribution is -2.31. The van der Waals surface area contributed by atoms with E-state index in [1.54, 1.807) is 9.47 Å². The zero-order valence-electron chi connectivity index (χ0n) is 13.1. The first-order valence-corrected chi connectivity index (χ1v) is 9.10. The zero-order valence-corrected chi connectivity index (χ0v) is 14.8. The Hall–Kier alpha value is -2.37. The number of carbonyl (C=O) groups excluding carboxylic acids is 2. The molecule has 1 aromatic carbocycles. The van der Waals surface area contributed by atoms with Gasteiger partial charge in [0, 0.05) is 18.9 Å². The van der Waals surface area contributed by atoms with Gasteiger partial charge < -0.3 is 0 Å². The van der Waals surface area contributed by atoms with Crippen LogP contribution in [0.25, 0.3) is 21.3 Å². The molecule has 8 heteroatoms. The van der Waals surface area contributed by atoms with Gasteiger partial charge in [-0.2, -0.15) is 5.26 Å². The smallest absolute Gasteiger partial charge is 0.239 e. The molecule has 0 unspecified atom stereocenters. The van der Waals surface area contributed by atoms with Crippen LogP contribution in [0.2, 0.25) is 0 Å². The van der Waals surface area contributed by atoms with Crippen molar-refractivity contribution in [1.82, 2.24) is 9.55 Å². The molecule has 122 valence electrons. The fourth-order valence-electron chi connectivity index (χ4n) is 2.62. The van der Waals surface area contributed by atoms with Crippen molar-refractivity contribution in [2.24, 2.45) is 0 Å². The van der Waals surface area contributed by atoms with Crippen LogP contribution < -0.4 is 4.90 Å². The second-order valence-electron chi connectivity index (χ2n) is 5.04. The Kier molecular flexibility index (Phi) is 4.55. The summed E-state index contributed by atoms with van der Waals surface area (Å²) in [6.45, 7) is 3.83. The van der Waals surface area contributed by atoms with Crippen molar-refractivity contribution in [3.63, 3.8) is 0 Å². The number of thioether (sulfide) groups is 1. The van der Waals surface area contributed by atoms with Crippen LogP contribution in [-0.4, -0.2) is 33.7 Å². The quantitative estimate of drug-likeness (QED) is 0.667. The molecule has 0 aliphatic carbocycles. The number of rotatable bonds is 4. The minimum atomic E-state index is -0.167. The molecule has 0 saturated heterocycles. The van der Waals surface area contributed by atoms with Gasteiger partial charge in [-0.1, -0.05) is 29.5 Å². The number of thiazole rings is 1. The number of benzene rings is 1. The molecule has 6 nitrogen and oxygen atoms in total. The molecule has 0 radical (unpaired) electrons. The number of para-hydroxylation sites is 1. The van der Waals surface area contributed by atoms with Crippen molar-refractivity contribution in [2.45, 2.75) is 13.8 Å². The third-order valence-corrected chi connectivity index (χ3v) is 5.21. The van der Waals surface area contributed by atoms with E-state index in [1.807, 2.05) is 36.6 Å². The Morgan fingerprint density at radius 2 is 2.17 bits per heavy atom. The van der Waals surface area contributed by atoms with Crippen molar-refractivity contribution in [2.75, 3.05) is 17.2 Å². The van der Waals surface area contributed by atoms with Crippen LogP contribution in [0, 0.1) is 10.7 Å². The van der Waals surface area contributed by atoms with Crippen molar-refractivity contribution >= 4 is 61.3 Å². The van der Waals surface area contributed by atoms with E-state index in [4.69, 9.17) is 5.26 Å². The first-order chi connectivity index (χ1) is 11.6. The largest absolute Gasteiger partial charge is 0.288 e. The number of thiocyanates is 1. The van der Waals surface area contributed by atoms with Crippen LogP contribution in [0.1, 0.15) is 18.6 Å². The highest BCUT2D eigenvalue weighted by Gasteiger charge is 2.22. The minimum Gasteiger partial charge on any atom is -0.288 e. The van der Waals surface area contributed by atoms with Crippen LogP contribution in [0.3, 0.4) is 0 Å². The lowest BCUT2D eigenvalue weighted by atomic mass is 10.2. The second-order valence-corrected chi connectivity index (χ2v) is 6.76. The predicted octanol–water partition coefficient (Wildman–Crippen LogP) is 3.48. The topological polar surface area (TPSA) is 79.0 Å². The molecule has 2 aromatic heterocycles. The van der Waals surface area contributed by atoms with Gasteiger partial charge in [0.25, 0.3) is 0 Å². The van der Waals surface area contributed by atoms with Crippen molar-refractivity contribution < 1.29 is 9.59 Å². The highest BCUT2D eigenvalue weighted by molar-refractivity contribution is 8.04. The molecule has 0 fully saturated rings. The fraction of sp³-hybridized carbons (Fsp3) is 0.250. The minimum absolute atomic E-state index is 0.0849. The number of nitriles is 1. The van der Waals surface area contributed by atoms with Gasteiger partial charge in [0.05, 0.1) is 11.3 Å². The number of fused-ring (bicyclic) bond motifs is 3. The van der Waals surface area contributed by atoms with Gasteiger partial charge in [0.1, 0.15) is 15.7 Å². The van der Waals surface area contributed by atoms with Crippen LogP contribution in [0.15, 0.2) is 24.3 Å². The number of carbonyl (C=O) groups is 2. The van der Waals surface area contributed by atoms with Gasteiger partial charge >= 0.3 is 0 Å². The van der Waals surface area contributed by atoms with E-state index in [-0.39, 0.29) is 17.6 Å². The first-order valence-electron chi connectivity index (χ1n) is 7.30. The monoisotopic (exact) mass is 358 g/mol. The summed E-state index contributed by atoms with van der Waals surface area (Å²) in [6, 6.07) is 7.59. The maximum absolute atomic E-state index is 12.3. The van der Waals surface area contributed by atoms with Gasteiger partial charge in [0.15, 0.2) is 5.13 Å². The standard InChI is InChI=1S/C16H14N4O2S2/c1-3-19(13(22)8-23-9-17)16-18-14-11-6-4-5-7-12(11)20(10(2)21)15(14)24-16/h4-7H,3,8H2,1-2H3.